The van der Waals surface area contributed by atoms with Gasteiger partial charge in [-0.15, -0.1) is 0 Å². The molecule has 0 saturated heterocycles. The third-order valence-corrected chi connectivity index (χ3v) is 2.80. The number of halogens is 1. The molecule has 0 spiro atoms. The second-order valence-electron chi connectivity index (χ2n) is 3.09. The zero-order valence-electron chi connectivity index (χ0n) is 8.63. The number of esters is 1. The molecule has 4 heteroatoms. The van der Waals surface area contributed by atoms with E-state index in [2.05, 4.69) is 32.0 Å². The molecule has 0 saturated carbocycles. The summed E-state index contributed by atoms with van der Waals surface area (Å²) in [6.07, 6.45) is 0.887. The lowest BCUT2D eigenvalue weighted by molar-refractivity contribution is -0.139. The number of hydrogen-bond acceptors (Lipinski definition) is 3. The Kier molecular flexibility index (Phi) is 5.36. The molecular formula is C11H14BrNO2. The summed E-state index contributed by atoms with van der Waals surface area (Å²) in [5.41, 5.74) is 1.23. The largest absolute Gasteiger partial charge is 0.468 e. The quantitative estimate of drug-likeness (QED) is 0.655. The predicted molar refractivity (Wildman–Crippen MR) is 62.7 cm³/mol. The third kappa shape index (κ3) is 4.44. The second kappa shape index (κ2) is 6.58. The van der Waals surface area contributed by atoms with Crippen LogP contribution in [0.1, 0.15) is 5.56 Å². The van der Waals surface area contributed by atoms with Crippen molar-refractivity contribution in [3.05, 3.63) is 34.3 Å². The molecule has 0 bridgehead atoms. The van der Waals surface area contributed by atoms with Gasteiger partial charge in [-0.2, -0.15) is 0 Å². The molecule has 0 aliphatic rings. The van der Waals surface area contributed by atoms with Crippen molar-refractivity contribution < 1.29 is 9.53 Å². The van der Waals surface area contributed by atoms with E-state index >= 15 is 0 Å². The monoisotopic (exact) mass is 271 g/mol. The first kappa shape index (κ1) is 12.2. The van der Waals surface area contributed by atoms with E-state index in [0.717, 1.165) is 17.4 Å². The number of carbonyl (C=O) groups excluding carboxylic acids is 1. The maximum absolute atomic E-state index is 10.8. The summed E-state index contributed by atoms with van der Waals surface area (Å²) in [5, 5.41) is 3.02. The summed E-state index contributed by atoms with van der Waals surface area (Å²) < 4.78 is 5.62. The van der Waals surface area contributed by atoms with Crippen LogP contribution in [0.15, 0.2) is 28.7 Å². The summed E-state index contributed by atoms with van der Waals surface area (Å²) in [6.45, 7) is 1.03. The summed E-state index contributed by atoms with van der Waals surface area (Å²) in [7, 11) is 1.39. The molecule has 1 aromatic rings. The van der Waals surface area contributed by atoms with E-state index in [1.165, 1.54) is 12.7 Å². The Bertz CT molecular complexity index is 328. The average Bonchev–Trinajstić information content (AvgIpc) is 2.26. The number of nitrogens with one attached hydrogen (secondary N) is 1. The smallest absolute Gasteiger partial charge is 0.319 e. The van der Waals surface area contributed by atoms with E-state index in [-0.39, 0.29) is 12.5 Å². The standard InChI is InChI=1S/C11H14BrNO2/c1-15-11(14)8-13-7-6-9-4-2-3-5-10(9)12/h2-5,13H,6-8H2,1H3. The highest BCUT2D eigenvalue weighted by atomic mass is 79.9. The molecule has 0 aliphatic carbocycles. The summed E-state index contributed by atoms with van der Waals surface area (Å²) in [5.74, 6) is -0.234. The lowest BCUT2D eigenvalue weighted by Gasteiger charge is -2.05. The minimum atomic E-state index is -0.234. The van der Waals surface area contributed by atoms with Crippen LogP contribution in [0.4, 0.5) is 0 Å². The van der Waals surface area contributed by atoms with Crippen LogP contribution >= 0.6 is 15.9 Å². The molecule has 0 atom stereocenters. The highest BCUT2D eigenvalue weighted by Crippen LogP contribution is 2.15. The van der Waals surface area contributed by atoms with E-state index in [4.69, 9.17) is 0 Å². The number of benzene rings is 1. The molecule has 82 valence electrons. The minimum Gasteiger partial charge on any atom is -0.468 e. The lowest BCUT2D eigenvalue weighted by Crippen LogP contribution is -2.25. The van der Waals surface area contributed by atoms with Crippen molar-refractivity contribution >= 4 is 21.9 Å². The first-order valence-electron chi connectivity index (χ1n) is 4.75. The highest BCUT2D eigenvalue weighted by molar-refractivity contribution is 9.10. The van der Waals surface area contributed by atoms with Crippen molar-refractivity contribution in [3.63, 3.8) is 0 Å². The van der Waals surface area contributed by atoms with Gasteiger partial charge in [-0.3, -0.25) is 4.79 Å². The van der Waals surface area contributed by atoms with Gasteiger partial charge < -0.3 is 10.1 Å². The van der Waals surface area contributed by atoms with Gasteiger partial charge in [-0.05, 0) is 24.6 Å². The first-order valence-corrected chi connectivity index (χ1v) is 5.54. The molecule has 0 radical (unpaired) electrons. The zero-order valence-corrected chi connectivity index (χ0v) is 10.2. The fourth-order valence-corrected chi connectivity index (χ4v) is 1.67. The number of carbonyl (C=O) groups is 1. The zero-order chi connectivity index (χ0) is 11.1. The number of hydrogen-bond donors (Lipinski definition) is 1. The molecule has 0 aliphatic heterocycles. The van der Waals surface area contributed by atoms with Gasteiger partial charge in [0.1, 0.15) is 0 Å². The second-order valence-corrected chi connectivity index (χ2v) is 3.95. The summed E-state index contributed by atoms with van der Waals surface area (Å²) >= 11 is 3.47. The molecule has 1 aromatic carbocycles. The Labute approximate surface area is 97.9 Å². The number of rotatable bonds is 5. The van der Waals surface area contributed by atoms with Crippen LogP contribution < -0.4 is 5.32 Å². The van der Waals surface area contributed by atoms with E-state index in [1.54, 1.807) is 0 Å². The van der Waals surface area contributed by atoms with Crippen molar-refractivity contribution in [2.24, 2.45) is 0 Å². The third-order valence-electron chi connectivity index (χ3n) is 2.03. The SMILES string of the molecule is COC(=O)CNCCc1ccccc1Br. The van der Waals surface area contributed by atoms with Crippen LogP contribution in [-0.4, -0.2) is 26.2 Å². The average molecular weight is 272 g/mol. The van der Waals surface area contributed by atoms with Crippen molar-refractivity contribution in [3.8, 4) is 0 Å². The van der Waals surface area contributed by atoms with Gasteiger partial charge >= 0.3 is 5.97 Å². The molecule has 0 unspecified atom stereocenters. The van der Waals surface area contributed by atoms with E-state index in [9.17, 15) is 4.79 Å². The normalized spacial score (nSPS) is 10.0. The minimum absolute atomic E-state index is 0.234. The molecule has 0 fully saturated rings. The Morgan fingerprint density at radius 3 is 2.87 bits per heavy atom. The topological polar surface area (TPSA) is 38.3 Å². The van der Waals surface area contributed by atoms with Crippen molar-refractivity contribution in [2.75, 3.05) is 20.2 Å². The predicted octanol–water partition coefficient (Wildman–Crippen LogP) is 1.75. The first-order chi connectivity index (χ1) is 7.24. The van der Waals surface area contributed by atoms with Gasteiger partial charge in [-0.1, -0.05) is 34.1 Å². The number of ether oxygens (including phenoxy) is 1. The van der Waals surface area contributed by atoms with Gasteiger partial charge in [0.15, 0.2) is 0 Å². The van der Waals surface area contributed by atoms with Crippen LogP contribution in [0, 0.1) is 0 Å². The molecule has 15 heavy (non-hydrogen) atoms. The van der Waals surface area contributed by atoms with Gasteiger partial charge in [0.2, 0.25) is 0 Å². The van der Waals surface area contributed by atoms with Crippen LogP contribution in [0.5, 0.6) is 0 Å². The molecule has 0 amide bonds. The fraction of sp³-hybridized carbons (Fsp3) is 0.364. The van der Waals surface area contributed by atoms with E-state index < -0.39 is 0 Å². The fourth-order valence-electron chi connectivity index (χ4n) is 1.19. The van der Waals surface area contributed by atoms with Gasteiger partial charge in [0.25, 0.3) is 0 Å². The Morgan fingerprint density at radius 2 is 2.20 bits per heavy atom. The summed E-state index contributed by atoms with van der Waals surface area (Å²) in [4.78, 5) is 10.8. The highest BCUT2D eigenvalue weighted by Gasteiger charge is 2.00. The number of methoxy groups -OCH3 is 1. The van der Waals surface area contributed by atoms with Crippen LogP contribution in [0.3, 0.4) is 0 Å². The summed E-state index contributed by atoms with van der Waals surface area (Å²) in [6, 6.07) is 8.05. The molecule has 0 aromatic heterocycles. The van der Waals surface area contributed by atoms with Gasteiger partial charge in [-0.25, -0.2) is 0 Å². The molecular weight excluding hydrogens is 258 g/mol. The van der Waals surface area contributed by atoms with Gasteiger partial charge in [0, 0.05) is 4.47 Å². The Hall–Kier alpha value is -0.870. The lowest BCUT2D eigenvalue weighted by atomic mass is 10.1. The van der Waals surface area contributed by atoms with E-state index in [1.807, 2.05) is 18.2 Å². The maximum atomic E-state index is 10.8. The Morgan fingerprint density at radius 1 is 1.47 bits per heavy atom. The van der Waals surface area contributed by atoms with E-state index in [0.29, 0.717) is 0 Å². The maximum Gasteiger partial charge on any atom is 0.319 e. The van der Waals surface area contributed by atoms with Crippen LogP contribution in [0.2, 0.25) is 0 Å². The van der Waals surface area contributed by atoms with Crippen molar-refractivity contribution in [1.82, 2.24) is 5.32 Å². The van der Waals surface area contributed by atoms with Gasteiger partial charge in [0.05, 0.1) is 13.7 Å². The van der Waals surface area contributed by atoms with Crippen molar-refractivity contribution in [2.45, 2.75) is 6.42 Å². The molecule has 0 heterocycles. The molecule has 3 nitrogen and oxygen atoms in total. The molecule has 1 rings (SSSR count). The Balaban J connectivity index is 2.26. The molecule has 1 N–H and O–H groups in total. The van der Waals surface area contributed by atoms with Crippen LogP contribution in [-0.2, 0) is 16.0 Å². The van der Waals surface area contributed by atoms with Crippen molar-refractivity contribution in [1.29, 1.82) is 0 Å². The van der Waals surface area contributed by atoms with Crippen LogP contribution in [0.25, 0.3) is 0 Å².